The summed E-state index contributed by atoms with van der Waals surface area (Å²) in [7, 11) is 0. The maximum atomic E-state index is 13.7. The zero-order valence-corrected chi connectivity index (χ0v) is 17.7. The van der Waals surface area contributed by atoms with Crippen molar-refractivity contribution in [3.63, 3.8) is 0 Å². The van der Waals surface area contributed by atoms with E-state index in [1.807, 2.05) is 97.1 Å². The number of aryl methyl sites for hydroxylation is 1. The van der Waals surface area contributed by atoms with Gasteiger partial charge in [0, 0.05) is 11.1 Å². The van der Waals surface area contributed by atoms with E-state index in [1.54, 1.807) is 0 Å². The van der Waals surface area contributed by atoms with Crippen molar-refractivity contribution in [3.8, 4) is 0 Å². The highest BCUT2D eigenvalue weighted by Gasteiger charge is 2.40. The third kappa shape index (κ3) is 3.36. The standard InChI is InChI=1S/C28H22N2O2/c1-2-19-15-17-22(18-16-19)29-26-25(21-10-4-3-5-11-21)27(31)30(28(26)32)24-14-8-12-20-9-6-7-13-23(20)24/h3-18,29H,2H2,1H3. The highest BCUT2D eigenvalue weighted by Crippen LogP contribution is 2.36. The Morgan fingerprint density at radius 1 is 0.719 bits per heavy atom. The van der Waals surface area contributed by atoms with Gasteiger partial charge in [-0.15, -0.1) is 0 Å². The van der Waals surface area contributed by atoms with Gasteiger partial charge in [0.25, 0.3) is 11.8 Å². The summed E-state index contributed by atoms with van der Waals surface area (Å²) in [5.41, 5.74) is 3.94. The molecule has 32 heavy (non-hydrogen) atoms. The highest BCUT2D eigenvalue weighted by molar-refractivity contribution is 6.47. The Morgan fingerprint density at radius 2 is 1.41 bits per heavy atom. The van der Waals surface area contributed by atoms with Crippen LogP contribution >= 0.6 is 0 Å². The minimum Gasteiger partial charge on any atom is -0.350 e. The van der Waals surface area contributed by atoms with Crippen LogP contribution in [0.1, 0.15) is 18.1 Å². The first kappa shape index (κ1) is 19.8. The molecule has 0 saturated heterocycles. The lowest BCUT2D eigenvalue weighted by Crippen LogP contribution is -2.32. The maximum absolute atomic E-state index is 13.7. The van der Waals surface area contributed by atoms with Gasteiger partial charge in [-0.05, 0) is 41.1 Å². The van der Waals surface area contributed by atoms with Crippen molar-refractivity contribution < 1.29 is 9.59 Å². The van der Waals surface area contributed by atoms with Crippen LogP contribution in [0.15, 0.2) is 103 Å². The summed E-state index contributed by atoms with van der Waals surface area (Å²) >= 11 is 0. The smallest absolute Gasteiger partial charge is 0.282 e. The zero-order valence-electron chi connectivity index (χ0n) is 17.7. The molecule has 0 atom stereocenters. The first-order chi connectivity index (χ1) is 15.7. The van der Waals surface area contributed by atoms with Crippen LogP contribution in [0.2, 0.25) is 0 Å². The number of rotatable bonds is 5. The number of hydrogen-bond acceptors (Lipinski definition) is 3. The molecule has 1 heterocycles. The summed E-state index contributed by atoms with van der Waals surface area (Å²) in [5, 5.41) is 5.07. The lowest BCUT2D eigenvalue weighted by atomic mass is 10.0. The molecule has 1 N–H and O–H groups in total. The van der Waals surface area contributed by atoms with E-state index in [0.717, 1.165) is 22.9 Å². The number of imide groups is 1. The molecule has 156 valence electrons. The molecule has 0 aliphatic carbocycles. The molecule has 0 bridgehead atoms. The fraction of sp³-hybridized carbons (Fsp3) is 0.0714. The van der Waals surface area contributed by atoms with Crippen molar-refractivity contribution in [1.82, 2.24) is 0 Å². The second-order valence-corrected chi connectivity index (χ2v) is 7.74. The normalized spacial score (nSPS) is 13.8. The highest BCUT2D eigenvalue weighted by atomic mass is 16.2. The summed E-state index contributed by atoms with van der Waals surface area (Å²) in [6, 6.07) is 30.7. The van der Waals surface area contributed by atoms with Crippen LogP contribution in [0, 0.1) is 0 Å². The molecule has 0 spiro atoms. The van der Waals surface area contributed by atoms with E-state index < -0.39 is 0 Å². The van der Waals surface area contributed by atoms with Crippen LogP contribution in [0.3, 0.4) is 0 Å². The molecule has 1 aliphatic heterocycles. The Kier molecular flexibility index (Phi) is 5.04. The van der Waals surface area contributed by atoms with Crippen LogP contribution in [0.25, 0.3) is 16.3 Å². The molecule has 0 unspecified atom stereocenters. The number of amides is 2. The van der Waals surface area contributed by atoms with Crippen molar-refractivity contribution in [1.29, 1.82) is 0 Å². The van der Waals surface area contributed by atoms with Crippen LogP contribution < -0.4 is 10.2 Å². The topological polar surface area (TPSA) is 49.4 Å². The van der Waals surface area contributed by atoms with Crippen molar-refractivity contribution in [3.05, 3.63) is 114 Å². The van der Waals surface area contributed by atoms with Gasteiger partial charge >= 0.3 is 0 Å². The number of nitrogens with zero attached hydrogens (tertiary/aromatic N) is 1. The number of carbonyl (C=O) groups is 2. The van der Waals surface area contributed by atoms with E-state index in [1.165, 1.54) is 10.5 Å². The van der Waals surface area contributed by atoms with Gasteiger partial charge in [-0.25, -0.2) is 4.90 Å². The Labute approximate surface area is 186 Å². The first-order valence-electron chi connectivity index (χ1n) is 10.7. The average Bonchev–Trinajstić information content (AvgIpc) is 3.08. The summed E-state index contributed by atoms with van der Waals surface area (Å²) in [4.78, 5) is 28.6. The molecule has 4 nitrogen and oxygen atoms in total. The van der Waals surface area contributed by atoms with Crippen LogP contribution in [-0.2, 0) is 16.0 Å². The number of nitrogens with one attached hydrogen (secondary N) is 1. The van der Waals surface area contributed by atoms with Gasteiger partial charge in [0.05, 0.1) is 11.3 Å². The zero-order chi connectivity index (χ0) is 22.1. The Hall–Kier alpha value is -4.18. The molecule has 1 aliphatic rings. The van der Waals surface area contributed by atoms with E-state index in [-0.39, 0.29) is 11.8 Å². The molecule has 0 saturated carbocycles. The van der Waals surface area contributed by atoms with Crippen LogP contribution in [0.4, 0.5) is 11.4 Å². The molecular formula is C28H22N2O2. The number of hydrogen-bond donors (Lipinski definition) is 1. The minimum absolute atomic E-state index is 0.290. The van der Waals surface area contributed by atoms with Gasteiger partial charge in [-0.2, -0.15) is 0 Å². The summed E-state index contributed by atoms with van der Waals surface area (Å²) in [5.74, 6) is -0.685. The minimum atomic E-state index is -0.357. The maximum Gasteiger partial charge on any atom is 0.282 e. The average molecular weight is 418 g/mol. The number of anilines is 2. The van der Waals surface area contributed by atoms with Gasteiger partial charge in [0.2, 0.25) is 0 Å². The molecule has 0 radical (unpaired) electrons. The molecule has 0 aromatic heterocycles. The molecule has 4 aromatic rings. The summed E-state index contributed by atoms with van der Waals surface area (Å²) in [6.45, 7) is 2.10. The Morgan fingerprint density at radius 3 is 2.16 bits per heavy atom. The lowest BCUT2D eigenvalue weighted by molar-refractivity contribution is -0.120. The number of carbonyl (C=O) groups excluding carboxylic acids is 2. The summed E-state index contributed by atoms with van der Waals surface area (Å²) < 4.78 is 0. The molecule has 4 aromatic carbocycles. The first-order valence-corrected chi connectivity index (χ1v) is 10.7. The fourth-order valence-corrected chi connectivity index (χ4v) is 4.11. The van der Waals surface area contributed by atoms with E-state index in [9.17, 15) is 9.59 Å². The predicted molar refractivity (Wildman–Crippen MR) is 129 cm³/mol. The van der Waals surface area contributed by atoms with Crippen LogP contribution in [-0.4, -0.2) is 11.8 Å². The van der Waals surface area contributed by atoms with Crippen molar-refractivity contribution in [2.24, 2.45) is 0 Å². The lowest BCUT2D eigenvalue weighted by Gasteiger charge is -2.18. The van der Waals surface area contributed by atoms with E-state index in [0.29, 0.717) is 22.5 Å². The van der Waals surface area contributed by atoms with Gasteiger partial charge in [-0.3, -0.25) is 9.59 Å². The number of benzene rings is 4. The van der Waals surface area contributed by atoms with Gasteiger partial charge in [0.1, 0.15) is 5.70 Å². The van der Waals surface area contributed by atoms with Crippen LogP contribution in [0.5, 0.6) is 0 Å². The third-order valence-corrected chi connectivity index (χ3v) is 5.79. The van der Waals surface area contributed by atoms with E-state index in [4.69, 9.17) is 0 Å². The Bertz CT molecular complexity index is 1350. The monoisotopic (exact) mass is 418 g/mol. The molecule has 2 amide bonds. The van der Waals surface area contributed by atoms with Gasteiger partial charge in [0.15, 0.2) is 0 Å². The summed E-state index contributed by atoms with van der Waals surface area (Å²) in [6.07, 6.45) is 0.935. The molecule has 5 rings (SSSR count). The fourth-order valence-electron chi connectivity index (χ4n) is 4.11. The van der Waals surface area contributed by atoms with Gasteiger partial charge < -0.3 is 5.32 Å². The molecule has 0 fully saturated rings. The molecule has 4 heteroatoms. The second kappa shape index (κ2) is 8.16. The van der Waals surface area contributed by atoms with Crippen molar-refractivity contribution in [2.45, 2.75) is 13.3 Å². The SMILES string of the molecule is CCc1ccc(NC2=C(c3ccccc3)C(=O)N(c3cccc4ccccc34)C2=O)cc1. The van der Waals surface area contributed by atoms with E-state index in [2.05, 4.69) is 12.2 Å². The second-order valence-electron chi connectivity index (χ2n) is 7.74. The van der Waals surface area contributed by atoms with Crippen molar-refractivity contribution >= 4 is 39.5 Å². The van der Waals surface area contributed by atoms with Crippen molar-refractivity contribution in [2.75, 3.05) is 10.2 Å². The molecular weight excluding hydrogens is 396 g/mol. The number of fused-ring (bicyclic) bond motifs is 1. The Balaban J connectivity index is 1.63. The van der Waals surface area contributed by atoms with E-state index >= 15 is 0 Å². The third-order valence-electron chi connectivity index (χ3n) is 5.79. The largest absolute Gasteiger partial charge is 0.350 e. The van der Waals surface area contributed by atoms with Gasteiger partial charge in [-0.1, -0.05) is 85.8 Å². The quantitative estimate of drug-likeness (QED) is 0.417. The predicted octanol–water partition coefficient (Wildman–Crippen LogP) is 5.80.